The van der Waals surface area contributed by atoms with E-state index >= 15 is 0 Å². The number of hydrogen-bond donors (Lipinski definition) is 2. The fourth-order valence-electron chi connectivity index (χ4n) is 1.69. The zero-order chi connectivity index (χ0) is 16.1. The lowest BCUT2D eigenvalue weighted by molar-refractivity contribution is -0.384. The highest BCUT2D eigenvalue weighted by molar-refractivity contribution is 6.31. The third-order valence-corrected chi connectivity index (χ3v) is 3.00. The van der Waals surface area contributed by atoms with Gasteiger partial charge in [0.15, 0.2) is 0 Å². The first-order valence-electron chi connectivity index (χ1n) is 6.19. The predicted octanol–water partition coefficient (Wildman–Crippen LogP) is 3.44. The van der Waals surface area contributed by atoms with Gasteiger partial charge in [0.2, 0.25) is 5.91 Å². The van der Waals surface area contributed by atoms with Gasteiger partial charge in [-0.3, -0.25) is 14.9 Å². The van der Waals surface area contributed by atoms with Gasteiger partial charge >= 0.3 is 0 Å². The Bertz CT molecular complexity index is 724. The molecule has 0 heterocycles. The van der Waals surface area contributed by atoms with Crippen LogP contribution in [0.4, 0.5) is 21.5 Å². The number of nitrogens with zero attached hydrogens (tertiary/aromatic N) is 1. The fraction of sp³-hybridized carbons (Fsp3) is 0.0714. The minimum absolute atomic E-state index is 0.0518. The molecular weight excluding hydrogens is 313 g/mol. The molecule has 2 rings (SSSR count). The second-order valence-corrected chi connectivity index (χ2v) is 4.75. The summed E-state index contributed by atoms with van der Waals surface area (Å²) in [6, 6.07) is 9.59. The SMILES string of the molecule is O=C(CNc1ccc(F)c(Cl)c1)Nc1cccc([N+](=O)[O-])c1. The number of amides is 1. The average Bonchev–Trinajstić information content (AvgIpc) is 2.49. The Balaban J connectivity index is 1.94. The summed E-state index contributed by atoms with van der Waals surface area (Å²) in [4.78, 5) is 21.9. The minimum Gasteiger partial charge on any atom is -0.376 e. The summed E-state index contributed by atoms with van der Waals surface area (Å²) in [5, 5.41) is 15.9. The molecule has 0 aromatic heterocycles. The summed E-state index contributed by atoms with van der Waals surface area (Å²) in [7, 11) is 0. The topological polar surface area (TPSA) is 84.3 Å². The Hall–Kier alpha value is -2.67. The van der Waals surface area contributed by atoms with E-state index in [1.807, 2.05) is 0 Å². The molecule has 22 heavy (non-hydrogen) atoms. The normalized spacial score (nSPS) is 10.1. The van der Waals surface area contributed by atoms with Crippen LogP contribution in [0.5, 0.6) is 0 Å². The first kappa shape index (κ1) is 15.7. The van der Waals surface area contributed by atoms with E-state index in [1.165, 1.54) is 36.4 Å². The van der Waals surface area contributed by atoms with Crippen LogP contribution in [0.3, 0.4) is 0 Å². The molecule has 2 aromatic carbocycles. The number of carbonyl (C=O) groups excluding carboxylic acids is 1. The van der Waals surface area contributed by atoms with Crippen LogP contribution in [0.1, 0.15) is 0 Å². The van der Waals surface area contributed by atoms with Crippen LogP contribution in [0, 0.1) is 15.9 Å². The quantitative estimate of drug-likeness (QED) is 0.652. The van der Waals surface area contributed by atoms with Crippen LogP contribution in [0.25, 0.3) is 0 Å². The first-order chi connectivity index (χ1) is 10.5. The van der Waals surface area contributed by atoms with Gasteiger partial charge in [0.1, 0.15) is 5.82 Å². The minimum atomic E-state index is -0.548. The van der Waals surface area contributed by atoms with Gasteiger partial charge in [-0.1, -0.05) is 17.7 Å². The standard InChI is InChI=1S/C14H11ClFN3O3/c15-12-7-9(4-5-13(12)16)17-8-14(20)18-10-2-1-3-11(6-10)19(21)22/h1-7,17H,8H2,(H,18,20). The number of anilines is 2. The number of benzene rings is 2. The number of rotatable bonds is 5. The number of nitro groups is 1. The molecule has 0 bridgehead atoms. The van der Waals surface area contributed by atoms with E-state index in [0.717, 1.165) is 0 Å². The molecule has 114 valence electrons. The first-order valence-corrected chi connectivity index (χ1v) is 6.57. The van der Waals surface area contributed by atoms with Crippen molar-refractivity contribution in [1.82, 2.24) is 0 Å². The van der Waals surface area contributed by atoms with Gasteiger partial charge in [-0.05, 0) is 24.3 Å². The van der Waals surface area contributed by atoms with E-state index in [4.69, 9.17) is 11.6 Å². The van der Waals surface area contributed by atoms with Gasteiger partial charge in [0.25, 0.3) is 5.69 Å². The third kappa shape index (κ3) is 4.16. The molecule has 0 radical (unpaired) electrons. The molecule has 0 unspecified atom stereocenters. The van der Waals surface area contributed by atoms with Gasteiger partial charge < -0.3 is 10.6 Å². The molecule has 0 saturated carbocycles. The summed E-state index contributed by atoms with van der Waals surface area (Å²) < 4.78 is 13.0. The largest absolute Gasteiger partial charge is 0.376 e. The zero-order valence-corrected chi connectivity index (χ0v) is 11.9. The molecule has 0 aliphatic rings. The van der Waals surface area contributed by atoms with Crippen molar-refractivity contribution >= 4 is 34.6 Å². The maximum absolute atomic E-state index is 13.0. The van der Waals surface area contributed by atoms with Gasteiger partial charge in [-0.2, -0.15) is 0 Å². The van der Waals surface area contributed by atoms with Crippen molar-refractivity contribution in [2.45, 2.75) is 0 Å². The van der Waals surface area contributed by atoms with Crippen molar-refractivity contribution in [1.29, 1.82) is 0 Å². The number of hydrogen-bond acceptors (Lipinski definition) is 4. The fourth-order valence-corrected chi connectivity index (χ4v) is 1.87. The molecule has 0 saturated heterocycles. The maximum Gasteiger partial charge on any atom is 0.271 e. The summed E-state index contributed by atoms with van der Waals surface area (Å²) in [5.74, 6) is -0.950. The van der Waals surface area contributed by atoms with Crippen molar-refractivity contribution < 1.29 is 14.1 Å². The monoisotopic (exact) mass is 323 g/mol. The number of nitro benzene ring substituents is 1. The maximum atomic E-state index is 13.0. The van der Waals surface area contributed by atoms with E-state index in [1.54, 1.807) is 6.07 Å². The molecule has 6 nitrogen and oxygen atoms in total. The number of halogens is 2. The van der Waals surface area contributed by atoms with E-state index in [2.05, 4.69) is 10.6 Å². The van der Waals surface area contributed by atoms with Crippen molar-refractivity contribution in [2.75, 3.05) is 17.2 Å². The van der Waals surface area contributed by atoms with Crippen molar-refractivity contribution in [2.24, 2.45) is 0 Å². The Morgan fingerprint density at radius 2 is 2.00 bits per heavy atom. The number of carbonyl (C=O) groups is 1. The van der Waals surface area contributed by atoms with Crippen LogP contribution in [0.15, 0.2) is 42.5 Å². The third-order valence-electron chi connectivity index (χ3n) is 2.71. The van der Waals surface area contributed by atoms with E-state index in [0.29, 0.717) is 11.4 Å². The second kappa shape index (κ2) is 6.86. The lowest BCUT2D eigenvalue weighted by atomic mass is 10.3. The van der Waals surface area contributed by atoms with Crippen LogP contribution < -0.4 is 10.6 Å². The molecule has 0 spiro atoms. The van der Waals surface area contributed by atoms with Gasteiger partial charge in [-0.15, -0.1) is 0 Å². The van der Waals surface area contributed by atoms with E-state index in [-0.39, 0.29) is 17.3 Å². The summed E-state index contributed by atoms with van der Waals surface area (Å²) in [6.07, 6.45) is 0. The Labute approximate surface area is 130 Å². The number of nitrogens with one attached hydrogen (secondary N) is 2. The average molecular weight is 324 g/mol. The smallest absolute Gasteiger partial charge is 0.271 e. The summed E-state index contributed by atoms with van der Waals surface area (Å²) in [5.41, 5.74) is 0.690. The van der Waals surface area contributed by atoms with Crippen LogP contribution in [-0.4, -0.2) is 17.4 Å². The molecule has 0 fully saturated rings. The molecule has 0 aliphatic heterocycles. The molecule has 8 heteroatoms. The molecule has 0 atom stereocenters. The van der Waals surface area contributed by atoms with E-state index in [9.17, 15) is 19.3 Å². The van der Waals surface area contributed by atoms with Gasteiger partial charge in [-0.25, -0.2) is 4.39 Å². The lowest BCUT2D eigenvalue weighted by Crippen LogP contribution is -2.21. The Kier molecular flexibility index (Phi) is 4.90. The van der Waals surface area contributed by atoms with Crippen molar-refractivity contribution in [3.8, 4) is 0 Å². The molecular formula is C14H11ClFN3O3. The van der Waals surface area contributed by atoms with Crippen LogP contribution in [-0.2, 0) is 4.79 Å². The zero-order valence-electron chi connectivity index (χ0n) is 11.2. The van der Waals surface area contributed by atoms with Gasteiger partial charge in [0, 0.05) is 23.5 Å². The highest BCUT2D eigenvalue weighted by Gasteiger charge is 2.08. The summed E-state index contributed by atoms with van der Waals surface area (Å²) in [6.45, 7) is -0.0926. The highest BCUT2D eigenvalue weighted by atomic mass is 35.5. The van der Waals surface area contributed by atoms with E-state index < -0.39 is 16.6 Å². The molecule has 0 aliphatic carbocycles. The summed E-state index contributed by atoms with van der Waals surface area (Å²) >= 11 is 5.63. The molecule has 2 N–H and O–H groups in total. The lowest BCUT2D eigenvalue weighted by Gasteiger charge is -2.08. The van der Waals surface area contributed by atoms with Crippen molar-refractivity contribution in [3.05, 3.63) is 63.4 Å². The predicted molar refractivity (Wildman–Crippen MR) is 81.6 cm³/mol. The molecule has 1 amide bonds. The van der Waals surface area contributed by atoms with Crippen molar-refractivity contribution in [3.63, 3.8) is 0 Å². The molecule has 2 aromatic rings. The Morgan fingerprint density at radius 3 is 2.68 bits per heavy atom. The van der Waals surface area contributed by atoms with Crippen LogP contribution in [0.2, 0.25) is 5.02 Å². The highest BCUT2D eigenvalue weighted by Crippen LogP contribution is 2.19. The number of non-ortho nitro benzene ring substituents is 1. The second-order valence-electron chi connectivity index (χ2n) is 4.34. The van der Waals surface area contributed by atoms with Gasteiger partial charge in [0.05, 0.1) is 16.5 Å². The van der Waals surface area contributed by atoms with Crippen LogP contribution >= 0.6 is 11.6 Å². The Morgan fingerprint density at radius 1 is 1.23 bits per heavy atom.